The first kappa shape index (κ1) is 14.7. The summed E-state index contributed by atoms with van der Waals surface area (Å²) in [5.41, 5.74) is 2.58. The van der Waals surface area contributed by atoms with Crippen LogP contribution in [0.3, 0.4) is 0 Å². The zero-order valence-electron chi connectivity index (χ0n) is 11.3. The molecular weight excluding hydrogens is 298 g/mol. The number of hydrogen-bond acceptors (Lipinski definition) is 4. The van der Waals surface area contributed by atoms with Crippen molar-refractivity contribution in [3.05, 3.63) is 47.0 Å². The van der Waals surface area contributed by atoms with E-state index in [-0.39, 0.29) is 10.2 Å². The highest BCUT2D eigenvalue weighted by molar-refractivity contribution is 7.92. The van der Waals surface area contributed by atoms with Gasteiger partial charge in [-0.2, -0.15) is 0 Å². The quantitative estimate of drug-likeness (QED) is 0.817. The molecule has 0 aliphatic heterocycles. The molecule has 0 fully saturated rings. The second kappa shape index (κ2) is 5.38. The Morgan fingerprint density at radius 3 is 2.05 bits per heavy atom. The van der Waals surface area contributed by atoms with Crippen LogP contribution in [0.5, 0.6) is 0 Å². The molecule has 0 saturated carbocycles. The van der Waals surface area contributed by atoms with E-state index in [1.807, 2.05) is 19.9 Å². The molecule has 1 aromatic heterocycles. The molecular formula is C13H14ClN3O2S. The molecule has 0 radical (unpaired) electrons. The number of sulfonamides is 1. The molecule has 106 valence electrons. The summed E-state index contributed by atoms with van der Waals surface area (Å²) in [4.78, 5) is 7.41. The van der Waals surface area contributed by atoms with Gasteiger partial charge in [0.15, 0.2) is 0 Å². The largest absolute Gasteiger partial charge is 0.269 e. The van der Waals surface area contributed by atoms with Gasteiger partial charge >= 0.3 is 0 Å². The number of rotatable bonds is 3. The first-order valence-corrected chi connectivity index (χ1v) is 7.67. The van der Waals surface area contributed by atoms with Gasteiger partial charge in [-0.3, -0.25) is 4.31 Å². The molecule has 0 unspecified atom stereocenters. The van der Waals surface area contributed by atoms with Gasteiger partial charge in [0, 0.05) is 7.05 Å². The number of halogens is 1. The Labute approximate surface area is 123 Å². The fraction of sp³-hybridized carbons (Fsp3) is 0.231. The Bertz CT molecular complexity index is 710. The minimum atomic E-state index is -3.69. The molecule has 0 aliphatic carbocycles. The number of benzene rings is 1. The summed E-state index contributed by atoms with van der Waals surface area (Å²) >= 11 is 5.57. The molecule has 7 heteroatoms. The summed E-state index contributed by atoms with van der Waals surface area (Å²) in [5.74, 6) is 0. The highest BCUT2D eigenvalue weighted by Crippen LogP contribution is 2.23. The Hall–Kier alpha value is -1.66. The number of nitrogens with zero attached hydrogens (tertiary/aromatic N) is 3. The maximum atomic E-state index is 12.5. The van der Waals surface area contributed by atoms with E-state index in [0.717, 1.165) is 11.1 Å². The minimum Gasteiger partial charge on any atom is -0.269 e. The number of aryl methyl sites for hydroxylation is 2. The molecule has 1 heterocycles. The predicted molar refractivity (Wildman–Crippen MR) is 78.5 cm³/mol. The molecule has 0 amide bonds. The molecule has 0 bridgehead atoms. The maximum absolute atomic E-state index is 12.5. The Morgan fingerprint density at radius 1 is 1.05 bits per heavy atom. The summed E-state index contributed by atoms with van der Waals surface area (Å²) in [7, 11) is -2.19. The third-order valence-electron chi connectivity index (χ3n) is 2.83. The van der Waals surface area contributed by atoms with Crippen molar-refractivity contribution < 1.29 is 8.42 Å². The normalized spacial score (nSPS) is 11.4. The monoisotopic (exact) mass is 311 g/mol. The summed E-state index contributed by atoms with van der Waals surface area (Å²) in [6, 6.07) is 5.60. The molecule has 2 aromatic rings. The average molecular weight is 312 g/mol. The van der Waals surface area contributed by atoms with Crippen LogP contribution in [0.25, 0.3) is 0 Å². The number of aromatic nitrogens is 2. The van der Waals surface area contributed by atoms with E-state index >= 15 is 0 Å². The summed E-state index contributed by atoms with van der Waals surface area (Å²) in [5, 5.41) is 0.0120. The van der Waals surface area contributed by atoms with Gasteiger partial charge in [0.05, 0.1) is 18.1 Å². The van der Waals surface area contributed by atoms with Crippen LogP contribution in [0.4, 0.5) is 5.69 Å². The topological polar surface area (TPSA) is 63.2 Å². The van der Waals surface area contributed by atoms with Crippen LogP contribution in [-0.4, -0.2) is 25.4 Å². The zero-order chi connectivity index (χ0) is 14.9. The lowest BCUT2D eigenvalue weighted by Crippen LogP contribution is -2.27. The molecule has 0 atom stereocenters. The predicted octanol–water partition coefficient (Wildman–Crippen LogP) is 2.57. The van der Waals surface area contributed by atoms with Crippen molar-refractivity contribution in [2.24, 2.45) is 0 Å². The number of anilines is 1. The van der Waals surface area contributed by atoms with Crippen molar-refractivity contribution in [2.45, 2.75) is 18.7 Å². The van der Waals surface area contributed by atoms with E-state index in [2.05, 4.69) is 9.97 Å². The molecule has 0 aliphatic rings. The van der Waals surface area contributed by atoms with E-state index in [1.165, 1.54) is 23.7 Å². The van der Waals surface area contributed by atoms with Crippen LogP contribution in [-0.2, 0) is 10.0 Å². The van der Waals surface area contributed by atoms with Gasteiger partial charge in [-0.05, 0) is 48.7 Å². The molecule has 5 nitrogen and oxygen atoms in total. The van der Waals surface area contributed by atoms with E-state index in [4.69, 9.17) is 11.6 Å². The average Bonchev–Trinajstić information content (AvgIpc) is 2.37. The second-order valence-corrected chi connectivity index (χ2v) is 6.81. The highest BCUT2D eigenvalue weighted by atomic mass is 35.5. The minimum absolute atomic E-state index is 0.00330. The van der Waals surface area contributed by atoms with Crippen LogP contribution in [0, 0.1) is 13.8 Å². The highest BCUT2D eigenvalue weighted by Gasteiger charge is 2.22. The van der Waals surface area contributed by atoms with Gasteiger partial charge in [-0.15, -0.1) is 0 Å². The second-order valence-electron chi connectivity index (χ2n) is 4.51. The summed E-state index contributed by atoms with van der Waals surface area (Å²) < 4.78 is 26.1. The van der Waals surface area contributed by atoms with Crippen LogP contribution in [0.2, 0.25) is 5.28 Å². The van der Waals surface area contributed by atoms with E-state index in [9.17, 15) is 8.42 Å². The van der Waals surface area contributed by atoms with Gasteiger partial charge in [-0.1, -0.05) is 6.07 Å². The van der Waals surface area contributed by atoms with E-state index in [1.54, 1.807) is 12.1 Å². The molecule has 20 heavy (non-hydrogen) atoms. The molecule has 2 rings (SSSR count). The van der Waals surface area contributed by atoms with E-state index < -0.39 is 10.0 Å². The summed E-state index contributed by atoms with van der Waals surface area (Å²) in [6.45, 7) is 3.84. The van der Waals surface area contributed by atoms with Crippen molar-refractivity contribution in [3.63, 3.8) is 0 Å². The van der Waals surface area contributed by atoms with Gasteiger partial charge in [0.1, 0.15) is 4.90 Å². The van der Waals surface area contributed by atoms with Crippen LogP contribution in [0.15, 0.2) is 35.5 Å². The first-order chi connectivity index (χ1) is 9.30. The Kier molecular flexibility index (Phi) is 3.96. The number of hydrogen-bond donors (Lipinski definition) is 0. The van der Waals surface area contributed by atoms with Crippen molar-refractivity contribution in [2.75, 3.05) is 11.4 Å². The molecule has 0 N–H and O–H groups in total. The standard InChI is InChI=1S/C13H14ClN3O2S/c1-9-4-10(2)6-11(5-9)17(3)20(18,19)12-7-15-13(14)16-8-12/h4-8H,1-3H3. The lowest BCUT2D eigenvalue weighted by Gasteiger charge is -2.20. The van der Waals surface area contributed by atoms with Gasteiger partial charge in [-0.25, -0.2) is 18.4 Å². The first-order valence-electron chi connectivity index (χ1n) is 5.85. The molecule has 0 saturated heterocycles. The van der Waals surface area contributed by atoms with Crippen LogP contribution in [0.1, 0.15) is 11.1 Å². The molecule has 0 spiro atoms. The maximum Gasteiger partial charge on any atom is 0.267 e. The van der Waals surface area contributed by atoms with Crippen molar-refractivity contribution in [1.29, 1.82) is 0 Å². The third-order valence-corrected chi connectivity index (χ3v) is 4.76. The van der Waals surface area contributed by atoms with Gasteiger partial charge in [0.2, 0.25) is 5.28 Å². The van der Waals surface area contributed by atoms with Crippen molar-refractivity contribution in [3.8, 4) is 0 Å². The van der Waals surface area contributed by atoms with Gasteiger partial charge in [0.25, 0.3) is 10.0 Å². The lowest BCUT2D eigenvalue weighted by atomic mass is 10.1. The third kappa shape index (κ3) is 2.91. The molecule has 1 aromatic carbocycles. The summed E-state index contributed by atoms with van der Waals surface area (Å²) in [6.07, 6.45) is 2.40. The van der Waals surface area contributed by atoms with Crippen LogP contribution >= 0.6 is 11.6 Å². The Balaban J connectivity index is 2.45. The Morgan fingerprint density at radius 2 is 1.55 bits per heavy atom. The fourth-order valence-corrected chi connectivity index (χ4v) is 3.03. The smallest absolute Gasteiger partial charge is 0.267 e. The fourth-order valence-electron chi connectivity index (χ4n) is 1.86. The zero-order valence-corrected chi connectivity index (χ0v) is 12.9. The lowest BCUT2D eigenvalue weighted by molar-refractivity contribution is 0.593. The van der Waals surface area contributed by atoms with Crippen molar-refractivity contribution in [1.82, 2.24) is 9.97 Å². The SMILES string of the molecule is Cc1cc(C)cc(N(C)S(=O)(=O)c2cnc(Cl)nc2)c1. The van der Waals surface area contributed by atoms with Gasteiger partial charge < -0.3 is 0 Å². The van der Waals surface area contributed by atoms with Crippen LogP contribution < -0.4 is 4.31 Å². The van der Waals surface area contributed by atoms with Crippen molar-refractivity contribution >= 4 is 27.3 Å². The van der Waals surface area contributed by atoms with E-state index in [0.29, 0.717) is 5.69 Å².